The number of rotatable bonds is 8. The fourth-order valence-corrected chi connectivity index (χ4v) is 2.38. The molecule has 1 rings (SSSR count). The van der Waals surface area contributed by atoms with Crippen molar-refractivity contribution in [3.63, 3.8) is 0 Å². The van der Waals surface area contributed by atoms with Crippen LogP contribution < -0.4 is 10.6 Å². The molecular weight excluding hydrogens is 252 g/mol. The molecule has 0 aromatic carbocycles. The maximum atomic E-state index is 5.03. The van der Waals surface area contributed by atoms with E-state index < -0.39 is 0 Å². The van der Waals surface area contributed by atoms with Crippen LogP contribution in [0.1, 0.15) is 33.1 Å². The second-order valence-corrected chi connectivity index (χ2v) is 5.56. The van der Waals surface area contributed by atoms with Crippen molar-refractivity contribution in [2.24, 2.45) is 10.9 Å². The zero-order valence-corrected chi connectivity index (χ0v) is 13.5. The van der Waals surface area contributed by atoms with E-state index in [1.54, 1.807) is 7.11 Å². The van der Waals surface area contributed by atoms with Crippen LogP contribution >= 0.6 is 0 Å². The molecule has 5 nitrogen and oxygen atoms in total. The van der Waals surface area contributed by atoms with E-state index in [-0.39, 0.29) is 0 Å². The molecule has 0 aromatic heterocycles. The van der Waals surface area contributed by atoms with E-state index in [4.69, 9.17) is 4.74 Å². The monoisotopic (exact) mass is 284 g/mol. The van der Waals surface area contributed by atoms with Gasteiger partial charge in [0, 0.05) is 26.7 Å². The van der Waals surface area contributed by atoms with Crippen molar-refractivity contribution in [1.82, 2.24) is 15.5 Å². The van der Waals surface area contributed by atoms with Crippen LogP contribution in [0.5, 0.6) is 0 Å². The highest BCUT2D eigenvalue weighted by molar-refractivity contribution is 5.79. The Balaban J connectivity index is 2.15. The third-order valence-corrected chi connectivity index (χ3v) is 3.72. The van der Waals surface area contributed by atoms with Gasteiger partial charge in [0.15, 0.2) is 5.96 Å². The van der Waals surface area contributed by atoms with Gasteiger partial charge in [0.25, 0.3) is 0 Å². The average molecular weight is 284 g/mol. The lowest BCUT2D eigenvalue weighted by Crippen LogP contribution is -2.39. The Morgan fingerprint density at radius 3 is 2.70 bits per heavy atom. The van der Waals surface area contributed by atoms with Gasteiger partial charge in [0.1, 0.15) is 0 Å². The van der Waals surface area contributed by atoms with Crippen LogP contribution in [0.25, 0.3) is 0 Å². The topological polar surface area (TPSA) is 48.9 Å². The van der Waals surface area contributed by atoms with Crippen LogP contribution in [0.4, 0.5) is 0 Å². The summed E-state index contributed by atoms with van der Waals surface area (Å²) < 4.78 is 5.03. The molecule has 0 saturated carbocycles. The number of aliphatic imine (C=N–C) groups is 1. The zero-order chi connectivity index (χ0) is 14.6. The third kappa shape index (κ3) is 7.70. The third-order valence-electron chi connectivity index (χ3n) is 3.72. The molecule has 20 heavy (non-hydrogen) atoms. The molecule has 1 aliphatic heterocycles. The molecule has 0 bridgehead atoms. The summed E-state index contributed by atoms with van der Waals surface area (Å²) in [5.41, 5.74) is 0. The van der Waals surface area contributed by atoms with Crippen LogP contribution in [-0.2, 0) is 4.74 Å². The average Bonchev–Trinajstić information content (AvgIpc) is 2.45. The fraction of sp³-hybridized carbons (Fsp3) is 0.933. The van der Waals surface area contributed by atoms with E-state index in [0.717, 1.165) is 37.9 Å². The Morgan fingerprint density at radius 2 is 2.05 bits per heavy atom. The fourth-order valence-electron chi connectivity index (χ4n) is 2.38. The van der Waals surface area contributed by atoms with Gasteiger partial charge in [-0.15, -0.1) is 0 Å². The van der Waals surface area contributed by atoms with Crippen molar-refractivity contribution in [3.8, 4) is 0 Å². The summed E-state index contributed by atoms with van der Waals surface area (Å²) >= 11 is 0. The Hall–Kier alpha value is -0.810. The molecule has 118 valence electrons. The molecule has 1 aliphatic rings. The Bertz CT molecular complexity index is 263. The highest BCUT2D eigenvalue weighted by Gasteiger charge is 2.14. The quantitative estimate of drug-likeness (QED) is 0.401. The molecule has 1 saturated heterocycles. The first kappa shape index (κ1) is 17.2. The number of likely N-dealkylation sites (tertiary alicyclic amines) is 1. The molecule has 0 spiro atoms. The van der Waals surface area contributed by atoms with Gasteiger partial charge in [-0.25, -0.2) is 0 Å². The van der Waals surface area contributed by atoms with Crippen molar-refractivity contribution in [2.75, 3.05) is 53.0 Å². The van der Waals surface area contributed by atoms with Crippen molar-refractivity contribution in [1.29, 1.82) is 0 Å². The standard InChI is InChI=1S/C15H32N4O/c1-4-16-15(18-9-13-20-3)17-8-5-10-19-11-6-14(2)7-12-19/h14H,4-13H2,1-3H3,(H2,16,17,18). The summed E-state index contributed by atoms with van der Waals surface area (Å²) in [7, 11) is 1.71. The maximum Gasteiger partial charge on any atom is 0.191 e. The summed E-state index contributed by atoms with van der Waals surface area (Å²) in [4.78, 5) is 7.17. The summed E-state index contributed by atoms with van der Waals surface area (Å²) in [5, 5.41) is 6.52. The summed E-state index contributed by atoms with van der Waals surface area (Å²) in [5.74, 6) is 1.81. The second kappa shape index (κ2) is 10.9. The molecule has 5 heteroatoms. The number of piperidine rings is 1. The highest BCUT2D eigenvalue weighted by Crippen LogP contribution is 2.15. The van der Waals surface area contributed by atoms with Crippen molar-refractivity contribution in [3.05, 3.63) is 0 Å². The Morgan fingerprint density at radius 1 is 1.30 bits per heavy atom. The number of methoxy groups -OCH3 is 1. The number of nitrogens with one attached hydrogen (secondary N) is 2. The first-order chi connectivity index (χ1) is 9.76. The van der Waals surface area contributed by atoms with Gasteiger partial charge in [0.2, 0.25) is 0 Å². The predicted octanol–water partition coefficient (Wildman–Crippen LogP) is 1.31. The molecule has 0 unspecified atom stereocenters. The van der Waals surface area contributed by atoms with E-state index in [0.29, 0.717) is 6.61 Å². The van der Waals surface area contributed by atoms with Gasteiger partial charge in [-0.1, -0.05) is 6.92 Å². The largest absolute Gasteiger partial charge is 0.383 e. The van der Waals surface area contributed by atoms with Gasteiger partial charge < -0.3 is 20.3 Å². The first-order valence-corrected chi connectivity index (χ1v) is 7.99. The molecule has 0 radical (unpaired) electrons. The van der Waals surface area contributed by atoms with Crippen LogP contribution in [0, 0.1) is 5.92 Å². The van der Waals surface area contributed by atoms with Crippen LogP contribution in [-0.4, -0.2) is 63.8 Å². The zero-order valence-electron chi connectivity index (χ0n) is 13.5. The van der Waals surface area contributed by atoms with E-state index in [2.05, 4.69) is 34.4 Å². The summed E-state index contributed by atoms with van der Waals surface area (Å²) in [6.45, 7) is 11.4. The minimum atomic E-state index is 0.705. The Kier molecular flexibility index (Phi) is 9.41. The number of nitrogens with zero attached hydrogens (tertiary/aromatic N) is 2. The van der Waals surface area contributed by atoms with Gasteiger partial charge >= 0.3 is 0 Å². The lowest BCUT2D eigenvalue weighted by Gasteiger charge is -2.29. The molecule has 0 amide bonds. The van der Waals surface area contributed by atoms with Crippen LogP contribution in [0.2, 0.25) is 0 Å². The van der Waals surface area contributed by atoms with E-state index in [1.165, 1.54) is 32.5 Å². The molecular formula is C15H32N4O. The first-order valence-electron chi connectivity index (χ1n) is 7.99. The van der Waals surface area contributed by atoms with Crippen molar-refractivity contribution >= 4 is 5.96 Å². The number of hydrogen-bond donors (Lipinski definition) is 2. The molecule has 0 aliphatic carbocycles. The van der Waals surface area contributed by atoms with Gasteiger partial charge in [-0.2, -0.15) is 0 Å². The SMILES string of the molecule is CCNC(=NCCCN1CCC(C)CC1)NCCOC. The van der Waals surface area contributed by atoms with Gasteiger partial charge in [-0.3, -0.25) is 4.99 Å². The molecule has 1 fully saturated rings. The second-order valence-electron chi connectivity index (χ2n) is 5.56. The van der Waals surface area contributed by atoms with Crippen molar-refractivity contribution < 1.29 is 4.74 Å². The maximum absolute atomic E-state index is 5.03. The molecule has 0 atom stereocenters. The summed E-state index contributed by atoms with van der Waals surface area (Å²) in [6, 6.07) is 0. The number of ether oxygens (including phenoxy) is 1. The molecule has 2 N–H and O–H groups in total. The highest BCUT2D eigenvalue weighted by atomic mass is 16.5. The van der Waals surface area contributed by atoms with E-state index in [9.17, 15) is 0 Å². The molecule has 1 heterocycles. The van der Waals surface area contributed by atoms with Gasteiger partial charge in [-0.05, 0) is 51.7 Å². The molecule has 0 aromatic rings. The summed E-state index contributed by atoms with van der Waals surface area (Å²) in [6.07, 6.45) is 3.84. The lowest BCUT2D eigenvalue weighted by atomic mass is 9.99. The lowest BCUT2D eigenvalue weighted by molar-refractivity contribution is 0.191. The predicted molar refractivity (Wildman–Crippen MR) is 85.3 cm³/mol. The minimum absolute atomic E-state index is 0.705. The Labute approximate surface area is 124 Å². The van der Waals surface area contributed by atoms with E-state index in [1.807, 2.05) is 0 Å². The van der Waals surface area contributed by atoms with Gasteiger partial charge in [0.05, 0.1) is 6.61 Å². The minimum Gasteiger partial charge on any atom is -0.383 e. The van der Waals surface area contributed by atoms with Crippen LogP contribution in [0.15, 0.2) is 4.99 Å². The van der Waals surface area contributed by atoms with Crippen molar-refractivity contribution in [2.45, 2.75) is 33.1 Å². The van der Waals surface area contributed by atoms with Crippen LogP contribution in [0.3, 0.4) is 0 Å². The smallest absolute Gasteiger partial charge is 0.191 e. The normalized spacial score (nSPS) is 18.2. The number of guanidine groups is 1. The number of hydrogen-bond acceptors (Lipinski definition) is 3. The van der Waals surface area contributed by atoms with E-state index >= 15 is 0 Å².